The van der Waals surface area contributed by atoms with E-state index in [4.69, 9.17) is 4.74 Å². The summed E-state index contributed by atoms with van der Waals surface area (Å²) < 4.78 is 5.30. The molecule has 0 atom stereocenters. The molecule has 0 aromatic carbocycles. The molecule has 2 heterocycles. The van der Waals surface area contributed by atoms with Crippen molar-refractivity contribution in [2.45, 2.75) is 44.9 Å². The van der Waals surface area contributed by atoms with E-state index in [2.05, 4.69) is 5.32 Å². The summed E-state index contributed by atoms with van der Waals surface area (Å²) in [6.07, 6.45) is 6.17. The lowest BCUT2D eigenvalue weighted by Gasteiger charge is -2.26. The van der Waals surface area contributed by atoms with Crippen LogP contribution in [0.1, 0.15) is 44.9 Å². The molecule has 2 amide bonds. The van der Waals surface area contributed by atoms with E-state index < -0.39 is 0 Å². The van der Waals surface area contributed by atoms with E-state index in [-0.39, 0.29) is 11.8 Å². The van der Waals surface area contributed by atoms with Gasteiger partial charge in [-0.05, 0) is 38.0 Å². The molecule has 20 heavy (non-hydrogen) atoms. The fourth-order valence-electron chi connectivity index (χ4n) is 2.83. The highest BCUT2D eigenvalue weighted by Gasteiger charge is 2.18. The first kappa shape index (κ1) is 15.3. The molecular weight excluding hydrogens is 256 g/mol. The van der Waals surface area contributed by atoms with Crippen molar-refractivity contribution in [3.05, 3.63) is 0 Å². The van der Waals surface area contributed by atoms with E-state index in [1.54, 1.807) is 0 Å². The minimum Gasteiger partial charge on any atom is -0.381 e. The largest absolute Gasteiger partial charge is 0.381 e. The van der Waals surface area contributed by atoms with Crippen LogP contribution in [0.5, 0.6) is 0 Å². The Bertz CT molecular complexity index is 327. The molecule has 2 rings (SSSR count). The Balaban J connectivity index is 1.54. The molecule has 2 aliphatic rings. The molecule has 0 bridgehead atoms. The van der Waals surface area contributed by atoms with E-state index in [0.717, 1.165) is 65.0 Å². The maximum atomic E-state index is 11.8. The van der Waals surface area contributed by atoms with Gasteiger partial charge in [-0.1, -0.05) is 0 Å². The summed E-state index contributed by atoms with van der Waals surface area (Å²) in [6, 6.07) is 0. The maximum Gasteiger partial charge on any atom is 0.222 e. The number of rotatable bonds is 6. The summed E-state index contributed by atoms with van der Waals surface area (Å²) in [5.41, 5.74) is 0. The van der Waals surface area contributed by atoms with E-state index in [9.17, 15) is 9.59 Å². The van der Waals surface area contributed by atoms with Gasteiger partial charge in [-0.2, -0.15) is 0 Å². The van der Waals surface area contributed by atoms with Crippen LogP contribution < -0.4 is 5.32 Å². The van der Waals surface area contributed by atoms with E-state index in [0.29, 0.717) is 18.8 Å². The number of piperidine rings is 1. The zero-order chi connectivity index (χ0) is 14.2. The van der Waals surface area contributed by atoms with Crippen molar-refractivity contribution in [3.8, 4) is 0 Å². The maximum absolute atomic E-state index is 11.8. The Labute approximate surface area is 121 Å². The second-order valence-electron chi connectivity index (χ2n) is 5.80. The number of likely N-dealkylation sites (tertiary alicyclic amines) is 1. The fraction of sp³-hybridized carbons (Fsp3) is 0.867. The zero-order valence-corrected chi connectivity index (χ0v) is 12.2. The molecule has 114 valence electrons. The number of ether oxygens (including phenoxy) is 1. The highest BCUT2D eigenvalue weighted by atomic mass is 16.5. The first-order valence-electron chi connectivity index (χ1n) is 7.88. The number of carbonyl (C=O) groups is 2. The Hall–Kier alpha value is -1.10. The lowest BCUT2D eigenvalue weighted by molar-refractivity contribution is -0.133. The van der Waals surface area contributed by atoms with Gasteiger partial charge in [0.2, 0.25) is 11.8 Å². The van der Waals surface area contributed by atoms with Gasteiger partial charge < -0.3 is 15.0 Å². The Morgan fingerprint density at radius 1 is 1.30 bits per heavy atom. The van der Waals surface area contributed by atoms with Crippen LogP contribution in [-0.4, -0.2) is 49.6 Å². The summed E-state index contributed by atoms with van der Waals surface area (Å²) in [7, 11) is 0. The van der Waals surface area contributed by atoms with Crippen LogP contribution in [0.3, 0.4) is 0 Å². The van der Waals surface area contributed by atoms with Crippen molar-refractivity contribution >= 4 is 11.8 Å². The lowest BCUT2D eigenvalue weighted by Crippen LogP contribution is -2.37. The molecule has 2 fully saturated rings. The normalized spacial score (nSPS) is 21.0. The summed E-state index contributed by atoms with van der Waals surface area (Å²) in [5, 5.41) is 3.00. The molecule has 0 aromatic heterocycles. The summed E-state index contributed by atoms with van der Waals surface area (Å²) in [6.45, 7) is 3.99. The Kier molecular flexibility index (Phi) is 6.30. The topological polar surface area (TPSA) is 58.6 Å². The second-order valence-corrected chi connectivity index (χ2v) is 5.80. The predicted octanol–water partition coefficient (Wildman–Crippen LogP) is 1.32. The van der Waals surface area contributed by atoms with E-state index in [1.807, 2.05) is 4.90 Å². The van der Waals surface area contributed by atoms with Gasteiger partial charge in [-0.25, -0.2) is 0 Å². The molecule has 0 spiro atoms. The molecule has 5 heteroatoms. The van der Waals surface area contributed by atoms with Gasteiger partial charge in [0.15, 0.2) is 0 Å². The fourth-order valence-corrected chi connectivity index (χ4v) is 2.83. The van der Waals surface area contributed by atoms with Crippen molar-refractivity contribution in [1.29, 1.82) is 0 Å². The van der Waals surface area contributed by atoms with Gasteiger partial charge in [0, 0.05) is 45.7 Å². The molecule has 2 aliphatic heterocycles. The SMILES string of the molecule is O=C(CCCN1CCCCC1=O)NCC1CCOCC1. The molecule has 0 saturated carbocycles. The third-order valence-corrected chi connectivity index (χ3v) is 4.18. The van der Waals surface area contributed by atoms with Crippen LogP contribution in [0.15, 0.2) is 0 Å². The standard InChI is InChI=1S/C15H26N2O3/c18-14(16-12-13-6-10-20-11-7-13)4-3-9-17-8-2-1-5-15(17)19/h13H,1-12H2,(H,16,18). The summed E-state index contributed by atoms with van der Waals surface area (Å²) >= 11 is 0. The molecule has 5 nitrogen and oxygen atoms in total. The van der Waals surface area contributed by atoms with Crippen LogP contribution in [0.25, 0.3) is 0 Å². The van der Waals surface area contributed by atoms with Crippen molar-refractivity contribution in [3.63, 3.8) is 0 Å². The Morgan fingerprint density at radius 2 is 2.10 bits per heavy atom. The first-order chi connectivity index (χ1) is 9.75. The van der Waals surface area contributed by atoms with E-state index in [1.165, 1.54) is 0 Å². The molecule has 2 saturated heterocycles. The molecule has 0 aromatic rings. The molecule has 0 radical (unpaired) electrons. The number of amides is 2. The van der Waals surface area contributed by atoms with E-state index >= 15 is 0 Å². The van der Waals surface area contributed by atoms with Gasteiger partial charge in [-0.15, -0.1) is 0 Å². The number of carbonyl (C=O) groups excluding carboxylic acids is 2. The Morgan fingerprint density at radius 3 is 2.85 bits per heavy atom. The van der Waals surface area contributed by atoms with Crippen LogP contribution in [0.2, 0.25) is 0 Å². The predicted molar refractivity (Wildman–Crippen MR) is 76.2 cm³/mol. The van der Waals surface area contributed by atoms with Gasteiger partial charge >= 0.3 is 0 Å². The van der Waals surface area contributed by atoms with Gasteiger partial charge in [0.1, 0.15) is 0 Å². The summed E-state index contributed by atoms with van der Waals surface area (Å²) in [4.78, 5) is 25.3. The third-order valence-electron chi connectivity index (χ3n) is 4.18. The lowest BCUT2D eigenvalue weighted by atomic mass is 10.0. The number of nitrogens with zero attached hydrogens (tertiary/aromatic N) is 1. The minimum absolute atomic E-state index is 0.112. The molecule has 0 aliphatic carbocycles. The quantitative estimate of drug-likeness (QED) is 0.799. The van der Waals surface area contributed by atoms with Gasteiger partial charge in [-0.3, -0.25) is 9.59 Å². The third kappa shape index (κ3) is 5.12. The average molecular weight is 282 g/mol. The molecular formula is C15H26N2O3. The van der Waals surface area contributed by atoms with Gasteiger partial charge in [0.25, 0.3) is 0 Å². The van der Waals surface area contributed by atoms with Crippen molar-refractivity contribution in [2.24, 2.45) is 5.92 Å². The monoisotopic (exact) mass is 282 g/mol. The van der Waals surface area contributed by atoms with Crippen LogP contribution in [-0.2, 0) is 14.3 Å². The molecule has 1 N–H and O–H groups in total. The number of nitrogens with one attached hydrogen (secondary N) is 1. The first-order valence-corrected chi connectivity index (χ1v) is 7.88. The van der Waals surface area contributed by atoms with Gasteiger partial charge in [0.05, 0.1) is 0 Å². The van der Waals surface area contributed by atoms with Crippen molar-refractivity contribution < 1.29 is 14.3 Å². The minimum atomic E-state index is 0.112. The summed E-state index contributed by atoms with van der Waals surface area (Å²) in [5.74, 6) is 0.927. The van der Waals surface area contributed by atoms with Crippen LogP contribution in [0, 0.1) is 5.92 Å². The highest BCUT2D eigenvalue weighted by molar-refractivity contribution is 5.77. The van der Waals surface area contributed by atoms with Crippen LogP contribution in [0.4, 0.5) is 0 Å². The highest BCUT2D eigenvalue weighted by Crippen LogP contribution is 2.13. The van der Waals surface area contributed by atoms with Crippen molar-refractivity contribution in [1.82, 2.24) is 10.2 Å². The average Bonchev–Trinajstić information content (AvgIpc) is 2.48. The molecule has 0 unspecified atom stereocenters. The van der Waals surface area contributed by atoms with Crippen molar-refractivity contribution in [2.75, 3.05) is 32.8 Å². The number of hydrogen-bond acceptors (Lipinski definition) is 3. The zero-order valence-electron chi connectivity index (χ0n) is 12.2. The smallest absolute Gasteiger partial charge is 0.222 e. The number of hydrogen-bond donors (Lipinski definition) is 1. The van der Waals surface area contributed by atoms with Crippen LogP contribution >= 0.6 is 0 Å². The second kappa shape index (κ2) is 8.25.